The molecule has 1 aliphatic heterocycles. The number of aliphatic imine (C=N–C) groups is 1. The van der Waals surface area contributed by atoms with Crippen LogP contribution in [-0.2, 0) is 14.8 Å². The normalized spacial score (nSPS) is 20.6. The summed E-state index contributed by atoms with van der Waals surface area (Å²) in [4.78, 5) is 6.59. The Bertz CT molecular complexity index is 569. The lowest BCUT2D eigenvalue weighted by Gasteiger charge is -2.36. The summed E-state index contributed by atoms with van der Waals surface area (Å²) in [6, 6.07) is 0. The fourth-order valence-corrected chi connectivity index (χ4v) is 4.93. The van der Waals surface area contributed by atoms with E-state index in [1.165, 1.54) is 31.9 Å². The van der Waals surface area contributed by atoms with Crippen molar-refractivity contribution in [2.45, 2.75) is 64.0 Å². The summed E-state index contributed by atoms with van der Waals surface area (Å²) in [5, 5.41) is 3.30. The summed E-state index contributed by atoms with van der Waals surface area (Å²) in [5.74, 6) is 1.59. The van der Waals surface area contributed by atoms with Crippen LogP contribution in [0.5, 0.6) is 0 Å². The van der Waals surface area contributed by atoms with Gasteiger partial charge in [-0.3, -0.25) is 4.99 Å². The van der Waals surface area contributed by atoms with Gasteiger partial charge < -0.3 is 15.0 Å². The molecule has 1 saturated heterocycles. The van der Waals surface area contributed by atoms with E-state index in [1.54, 1.807) is 7.05 Å². The summed E-state index contributed by atoms with van der Waals surface area (Å²) >= 11 is 0. The first kappa shape index (κ1) is 24.9. The Labute approximate surface area is 182 Å². The lowest BCUT2D eigenvalue weighted by atomic mass is 10.1. The summed E-state index contributed by atoms with van der Waals surface area (Å²) in [5.41, 5.74) is -0.577. The van der Waals surface area contributed by atoms with Crippen LogP contribution in [0.15, 0.2) is 4.99 Å². The summed E-state index contributed by atoms with van der Waals surface area (Å²) in [6.07, 6.45) is 8.93. The van der Waals surface area contributed by atoms with Crippen LogP contribution in [0.2, 0.25) is 0 Å². The number of hydrogen-bond acceptors (Lipinski definition) is 4. The molecule has 2 N–H and O–H groups in total. The molecule has 2 rings (SSSR count). The van der Waals surface area contributed by atoms with Gasteiger partial charge in [0, 0.05) is 38.8 Å². The largest absolute Gasteiger partial charge is 0.378 e. The fourth-order valence-electron chi connectivity index (χ4n) is 3.85. The monoisotopic (exact) mass is 516 g/mol. The maximum Gasteiger partial charge on any atom is 0.209 e. The van der Waals surface area contributed by atoms with Crippen LogP contribution in [-0.4, -0.2) is 70.5 Å². The fraction of sp³-hybridized carbons (Fsp3) is 0.944. The Morgan fingerprint density at radius 1 is 1.19 bits per heavy atom. The SMILES string of the molecule is CN=C(NCC(C)(C)NS(C)(=O)=O)N1CCC(OCC2CCCC2)CC1.I. The molecule has 0 aromatic carbocycles. The average molecular weight is 516 g/mol. The van der Waals surface area contributed by atoms with E-state index >= 15 is 0 Å². The van der Waals surface area contributed by atoms with Gasteiger partial charge in [0.25, 0.3) is 0 Å². The third kappa shape index (κ3) is 9.27. The number of sulfonamides is 1. The second kappa shape index (κ2) is 11.2. The molecule has 9 heteroatoms. The first-order chi connectivity index (χ1) is 12.2. The van der Waals surface area contributed by atoms with E-state index in [0.717, 1.165) is 44.4 Å². The minimum absolute atomic E-state index is 0. The molecule has 160 valence electrons. The molecule has 0 atom stereocenters. The molecule has 0 spiro atoms. The Hall–Kier alpha value is -0.130. The van der Waals surface area contributed by atoms with E-state index in [9.17, 15) is 8.42 Å². The molecule has 0 aromatic rings. The van der Waals surface area contributed by atoms with Gasteiger partial charge in [-0.2, -0.15) is 0 Å². The molecule has 0 aromatic heterocycles. The molecule has 2 fully saturated rings. The molecule has 27 heavy (non-hydrogen) atoms. The van der Waals surface area contributed by atoms with Gasteiger partial charge in [-0.25, -0.2) is 13.1 Å². The van der Waals surface area contributed by atoms with Crippen molar-refractivity contribution in [1.82, 2.24) is 14.9 Å². The number of nitrogens with zero attached hydrogens (tertiary/aromatic N) is 2. The molecule has 0 unspecified atom stereocenters. The molecule has 0 amide bonds. The summed E-state index contributed by atoms with van der Waals surface area (Å²) in [7, 11) is -1.48. The highest BCUT2D eigenvalue weighted by atomic mass is 127. The number of likely N-dealkylation sites (tertiary alicyclic amines) is 1. The molecule has 2 aliphatic rings. The minimum atomic E-state index is -3.24. The van der Waals surface area contributed by atoms with Crippen LogP contribution >= 0.6 is 24.0 Å². The quantitative estimate of drug-likeness (QED) is 0.308. The maximum atomic E-state index is 11.5. The molecule has 0 bridgehead atoms. The average Bonchev–Trinajstić information content (AvgIpc) is 3.05. The van der Waals surface area contributed by atoms with E-state index in [1.807, 2.05) is 13.8 Å². The smallest absolute Gasteiger partial charge is 0.209 e. The number of ether oxygens (including phenoxy) is 1. The van der Waals surface area contributed by atoms with Crippen molar-refractivity contribution in [3.63, 3.8) is 0 Å². The third-order valence-corrected chi connectivity index (χ3v) is 6.07. The Balaban J connectivity index is 0.00000364. The van der Waals surface area contributed by atoms with E-state index in [2.05, 4.69) is 19.9 Å². The Morgan fingerprint density at radius 2 is 1.78 bits per heavy atom. The topological polar surface area (TPSA) is 83.0 Å². The molecule has 1 heterocycles. The number of nitrogens with one attached hydrogen (secondary N) is 2. The molecular weight excluding hydrogens is 479 g/mol. The lowest BCUT2D eigenvalue weighted by molar-refractivity contribution is 0.000986. The first-order valence-corrected chi connectivity index (χ1v) is 11.6. The molecular formula is C18H37IN4O3S. The first-order valence-electron chi connectivity index (χ1n) is 9.75. The molecule has 7 nitrogen and oxygen atoms in total. The van der Waals surface area contributed by atoms with Gasteiger partial charge in [-0.1, -0.05) is 12.8 Å². The van der Waals surface area contributed by atoms with Gasteiger partial charge >= 0.3 is 0 Å². The number of rotatable bonds is 7. The van der Waals surface area contributed by atoms with Gasteiger partial charge in [0.05, 0.1) is 12.4 Å². The Morgan fingerprint density at radius 3 is 2.30 bits per heavy atom. The maximum absolute atomic E-state index is 11.5. The van der Waals surface area contributed by atoms with Crippen LogP contribution in [0.3, 0.4) is 0 Å². The van der Waals surface area contributed by atoms with Crippen molar-refractivity contribution in [1.29, 1.82) is 0 Å². The van der Waals surface area contributed by atoms with Crippen molar-refractivity contribution in [2.24, 2.45) is 10.9 Å². The zero-order valence-electron chi connectivity index (χ0n) is 17.2. The van der Waals surface area contributed by atoms with Crippen molar-refractivity contribution in [2.75, 3.05) is 39.5 Å². The van der Waals surface area contributed by atoms with Gasteiger partial charge in [-0.15, -0.1) is 24.0 Å². The zero-order valence-corrected chi connectivity index (χ0v) is 20.3. The highest BCUT2D eigenvalue weighted by molar-refractivity contribution is 14.0. The van der Waals surface area contributed by atoms with E-state index in [4.69, 9.17) is 4.74 Å². The second-order valence-electron chi connectivity index (χ2n) is 8.33. The van der Waals surface area contributed by atoms with Crippen molar-refractivity contribution < 1.29 is 13.2 Å². The van der Waals surface area contributed by atoms with Crippen LogP contribution in [0.25, 0.3) is 0 Å². The van der Waals surface area contributed by atoms with Gasteiger partial charge in [0.1, 0.15) is 0 Å². The van der Waals surface area contributed by atoms with Crippen LogP contribution < -0.4 is 10.0 Å². The zero-order chi connectivity index (χ0) is 19.2. The van der Waals surface area contributed by atoms with Gasteiger partial charge in [0.2, 0.25) is 10.0 Å². The summed E-state index contributed by atoms with van der Waals surface area (Å²) < 4.78 is 31.7. The van der Waals surface area contributed by atoms with E-state index in [0.29, 0.717) is 12.6 Å². The van der Waals surface area contributed by atoms with E-state index < -0.39 is 15.6 Å². The van der Waals surface area contributed by atoms with Crippen molar-refractivity contribution in [3.05, 3.63) is 0 Å². The number of halogens is 1. The number of guanidine groups is 1. The van der Waals surface area contributed by atoms with E-state index in [-0.39, 0.29) is 24.0 Å². The number of hydrogen-bond donors (Lipinski definition) is 2. The molecule has 0 radical (unpaired) electrons. The third-order valence-electron chi connectivity index (χ3n) is 5.15. The van der Waals surface area contributed by atoms with Gasteiger partial charge in [0.15, 0.2) is 5.96 Å². The second-order valence-corrected chi connectivity index (χ2v) is 10.1. The summed E-state index contributed by atoms with van der Waals surface area (Å²) in [6.45, 7) is 6.94. The molecule has 1 aliphatic carbocycles. The van der Waals surface area contributed by atoms with Crippen LogP contribution in [0.4, 0.5) is 0 Å². The van der Waals surface area contributed by atoms with Crippen molar-refractivity contribution in [3.8, 4) is 0 Å². The standard InChI is InChI=1S/C18H36N4O3S.HI/c1-18(2,21-26(4,23)24)14-20-17(19-3)22-11-9-16(10-12-22)25-13-15-7-5-6-8-15;/h15-16,21H,5-14H2,1-4H3,(H,19,20);1H. The van der Waals surface area contributed by atoms with Crippen LogP contribution in [0.1, 0.15) is 52.4 Å². The predicted octanol–water partition coefficient (Wildman–Crippen LogP) is 2.18. The van der Waals surface area contributed by atoms with Crippen molar-refractivity contribution >= 4 is 40.0 Å². The molecule has 1 saturated carbocycles. The lowest BCUT2D eigenvalue weighted by Crippen LogP contribution is -2.54. The highest BCUT2D eigenvalue weighted by Gasteiger charge is 2.26. The van der Waals surface area contributed by atoms with Crippen LogP contribution in [0, 0.1) is 5.92 Å². The van der Waals surface area contributed by atoms with Gasteiger partial charge in [-0.05, 0) is 45.4 Å². The predicted molar refractivity (Wildman–Crippen MR) is 121 cm³/mol. The minimum Gasteiger partial charge on any atom is -0.378 e. The number of piperidine rings is 1. The highest BCUT2D eigenvalue weighted by Crippen LogP contribution is 2.26. The Kier molecular flexibility index (Phi) is 10.3.